The number of hydrogen-bond acceptors (Lipinski definition) is 4. The molecule has 0 aliphatic rings. The van der Waals surface area contributed by atoms with Crippen LogP contribution < -0.4 is 5.32 Å². The molecule has 0 aliphatic carbocycles. The zero-order valence-electron chi connectivity index (χ0n) is 19.0. The Kier molecular flexibility index (Phi) is 7.63. The zero-order chi connectivity index (χ0) is 26.0. The van der Waals surface area contributed by atoms with Crippen molar-refractivity contribution in [2.45, 2.75) is 25.2 Å². The number of anilines is 1. The molecule has 1 heterocycles. The number of halogens is 5. The monoisotopic (exact) mass is 550 g/mol. The van der Waals surface area contributed by atoms with Crippen LogP contribution in [0, 0.1) is 13.8 Å². The minimum Gasteiger partial charge on any atom is -0.324 e. The molecule has 0 saturated carbocycles. The summed E-state index contributed by atoms with van der Waals surface area (Å²) in [4.78, 5) is 12.6. The summed E-state index contributed by atoms with van der Waals surface area (Å²) in [7, 11) is 0. The number of carbonyl (C=O) groups is 1. The Morgan fingerprint density at radius 2 is 1.69 bits per heavy atom. The van der Waals surface area contributed by atoms with E-state index in [4.69, 9.17) is 23.2 Å². The van der Waals surface area contributed by atoms with Gasteiger partial charge in [-0.25, -0.2) is 0 Å². The largest absolute Gasteiger partial charge is 0.416 e. The second-order valence-corrected chi connectivity index (χ2v) is 9.73. The Bertz CT molecular complexity index is 1420. The molecular formula is C25H19Cl2F3N4OS. The molecule has 0 unspecified atom stereocenters. The van der Waals surface area contributed by atoms with Crippen molar-refractivity contribution in [3.8, 4) is 17.1 Å². The summed E-state index contributed by atoms with van der Waals surface area (Å²) in [5.41, 5.74) is 2.74. The first-order valence-corrected chi connectivity index (χ1v) is 12.4. The van der Waals surface area contributed by atoms with E-state index in [0.29, 0.717) is 16.0 Å². The molecule has 0 fully saturated rings. The van der Waals surface area contributed by atoms with Gasteiger partial charge in [0.05, 0.1) is 27.7 Å². The molecule has 5 nitrogen and oxygen atoms in total. The van der Waals surface area contributed by atoms with E-state index >= 15 is 0 Å². The van der Waals surface area contributed by atoms with Crippen molar-refractivity contribution in [2.24, 2.45) is 0 Å². The number of hydrogen-bond donors (Lipinski definition) is 1. The molecule has 3 aromatic carbocycles. The van der Waals surface area contributed by atoms with Crippen LogP contribution in [0.2, 0.25) is 10.0 Å². The van der Waals surface area contributed by atoms with Crippen LogP contribution >= 0.6 is 35.0 Å². The molecule has 1 aromatic heterocycles. The van der Waals surface area contributed by atoms with Crippen molar-refractivity contribution in [1.29, 1.82) is 0 Å². The van der Waals surface area contributed by atoms with Crippen LogP contribution in [-0.2, 0) is 11.0 Å². The van der Waals surface area contributed by atoms with Crippen molar-refractivity contribution >= 4 is 46.6 Å². The van der Waals surface area contributed by atoms with Crippen LogP contribution in [-0.4, -0.2) is 26.4 Å². The molecule has 186 valence electrons. The molecule has 0 aliphatic heterocycles. The first-order valence-electron chi connectivity index (χ1n) is 10.6. The second-order valence-electron chi connectivity index (χ2n) is 7.95. The lowest BCUT2D eigenvalue weighted by Gasteiger charge is -2.13. The SMILES string of the molecule is Cc1ccc(-n2c(SCC(=O)Nc3cc(C(F)(F)F)ccc3Cl)nnc2-c2ccc(Cl)cc2)cc1C. The van der Waals surface area contributed by atoms with Gasteiger partial charge in [0.1, 0.15) is 0 Å². The summed E-state index contributed by atoms with van der Waals surface area (Å²) >= 11 is 13.1. The van der Waals surface area contributed by atoms with Crippen LogP contribution in [0.4, 0.5) is 18.9 Å². The Labute approximate surface area is 219 Å². The predicted molar refractivity (Wildman–Crippen MR) is 137 cm³/mol. The first kappa shape index (κ1) is 26.1. The highest BCUT2D eigenvalue weighted by molar-refractivity contribution is 7.99. The van der Waals surface area contributed by atoms with Crippen molar-refractivity contribution in [2.75, 3.05) is 11.1 Å². The minimum absolute atomic E-state index is 0.00433. The van der Waals surface area contributed by atoms with Gasteiger partial charge in [-0.1, -0.05) is 41.0 Å². The van der Waals surface area contributed by atoms with Gasteiger partial charge in [0, 0.05) is 10.6 Å². The van der Waals surface area contributed by atoms with Gasteiger partial charge in [0.2, 0.25) is 5.91 Å². The second kappa shape index (κ2) is 10.5. The van der Waals surface area contributed by atoms with Crippen LogP contribution in [0.25, 0.3) is 17.1 Å². The number of aromatic nitrogens is 3. The average Bonchev–Trinajstić information content (AvgIpc) is 3.24. The molecular weight excluding hydrogens is 532 g/mol. The molecule has 1 amide bonds. The van der Waals surface area contributed by atoms with E-state index in [0.717, 1.165) is 52.3 Å². The minimum atomic E-state index is -4.56. The topological polar surface area (TPSA) is 59.8 Å². The molecule has 0 spiro atoms. The fraction of sp³-hybridized carbons (Fsp3) is 0.160. The molecule has 0 radical (unpaired) electrons. The highest BCUT2D eigenvalue weighted by Gasteiger charge is 2.31. The van der Waals surface area contributed by atoms with Crippen molar-refractivity contribution in [1.82, 2.24) is 14.8 Å². The van der Waals surface area contributed by atoms with E-state index in [2.05, 4.69) is 15.5 Å². The number of rotatable bonds is 6. The normalized spacial score (nSPS) is 11.5. The van der Waals surface area contributed by atoms with Crippen LogP contribution in [0.5, 0.6) is 0 Å². The van der Waals surface area contributed by atoms with E-state index in [1.807, 2.05) is 48.7 Å². The molecule has 0 atom stereocenters. The summed E-state index contributed by atoms with van der Waals surface area (Å²) < 4.78 is 41.0. The van der Waals surface area contributed by atoms with Crippen LogP contribution in [0.1, 0.15) is 16.7 Å². The third-order valence-corrected chi connectivity index (χ3v) is 6.90. The predicted octanol–water partition coefficient (Wildman–Crippen LogP) is 7.61. The summed E-state index contributed by atoms with van der Waals surface area (Å²) in [6.45, 7) is 3.99. The maximum atomic E-state index is 13.0. The van der Waals surface area contributed by atoms with E-state index in [1.165, 1.54) is 0 Å². The van der Waals surface area contributed by atoms with Crippen molar-refractivity contribution < 1.29 is 18.0 Å². The third kappa shape index (κ3) is 5.86. The van der Waals surface area contributed by atoms with Crippen molar-refractivity contribution in [3.05, 3.63) is 87.4 Å². The van der Waals surface area contributed by atoms with Gasteiger partial charge in [-0.3, -0.25) is 9.36 Å². The molecule has 11 heteroatoms. The number of aryl methyl sites for hydroxylation is 2. The van der Waals surface area contributed by atoms with E-state index < -0.39 is 17.6 Å². The molecule has 0 bridgehead atoms. The van der Waals surface area contributed by atoms with E-state index in [-0.39, 0.29) is 16.5 Å². The first-order chi connectivity index (χ1) is 17.0. The molecule has 0 saturated heterocycles. The van der Waals surface area contributed by atoms with Gasteiger partial charge in [-0.2, -0.15) is 13.2 Å². The Balaban J connectivity index is 1.61. The van der Waals surface area contributed by atoms with Gasteiger partial charge in [-0.05, 0) is 79.6 Å². The lowest BCUT2D eigenvalue weighted by molar-refractivity contribution is -0.137. The summed E-state index contributed by atoms with van der Waals surface area (Å²) in [5.74, 6) is -0.112. The number of benzene rings is 3. The third-order valence-electron chi connectivity index (χ3n) is 5.38. The Hall–Kier alpha value is -3.01. The molecule has 36 heavy (non-hydrogen) atoms. The van der Waals surface area contributed by atoms with Gasteiger partial charge in [0.15, 0.2) is 11.0 Å². The molecule has 4 aromatic rings. The highest BCUT2D eigenvalue weighted by atomic mass is 35.5. The maximum absolute atomic E-state index is 13.0. The Morgan fingerprint density at radius 1 is 0.972 bits per heavy atom. The molecule has 4 rings (SSSR count). The number of thioether (sulfide) groups is 1. The summed E-state index contributed by atoms with van der Waals surface area (Å²) in [6.07, 6.45) is -4.56. The fourth-order valence-corrected chi connectivity index (χ4v) is 4.40. The maximum Gasteiger partial charge on any atom is 0.416 e. The molecule has 1 N–H and O–H groups in total. The summed E-state index contributed by atoms with van der Waals surface area (Å²) in [6, 6.07) is 15.8. The van der Waals surface area contributed by atoms with Gasteiger partial charge in [-0.15, -0.1) is 10.2 Å². The standard InChI is InChI=1S/C25H19Cl2F3N4OS/c1-14-3-9-19(11-15(14)2)34-23(16-4-7-18(26)8-5-16)32-33-24(34)36-13-22(35)31-21-12-17(25(28,29)30)6-10-20(21)27/h3-12H,13H2,1-2H3,(H,31,35). The highest BCUT2D eigenvalue weighted by Crippen LogP contribution is 2.34. The number of nitrogens with one attached hydrogen (secondary N) is 1. The van der Waals surface area contributed by atoms with Gasteiger partial charge >= 0.3 is 6.18 Å². The van der Waals surface area contributed by atoms with Crippen molar-refractivity contribution in [3.63, 3.8) is 0 Å². The average molecular weight is 551 g/mol. The Morgan fingerprint density at radius 3 is 2.36 bits per heavy atom. The van der Waals surface area contributed by atoms with Crippen LogP contribution in [0.15, 0.2) is 65.8 Å². The lowest BCUT2D eigenvalue weighted by Crippen LogP contribution is -2.16. The smallest absolute Gasteiger partial charge is 0.324 e. The lowest BCUT2D eigenvalue weighted by atomic mass is 10.1. The number of amides is 1. The number of alkyl halides is 3. The zero-order valence-corrected chi connectivity index (χ0v) is 21.4. The number of carbonyl (C=O) groups excluding carboxylic acids is 1. The summed E-state index contributed by atoms with van der Waals surface area (Å²) in [5, 5.41) is 12.1. The van der Waals surface area contributed by atoms with E-state index in [1.54, 1.807) is 12.1 Å². The number of nitrogens with zero attached hydrogens (tertiary/aromatic N) is 3. The van der Waals surface area contributed by atoms with E-state index in [9.17, 15) is 18.0 Å². The van der Waals surface area contributed by atoms with Gasteiger partial charge in [0.25, 0.3) is 0 Å². The van der Waals surface area contributed by atoms with Crippen LogP contribution in [0.3, 0.4) is 0 Å². The quantitative estimate of drug-likeness (QED) is 0.251. The van der Waals surface area contributed by atoms with Gasteiger partial charge < -0.3 is 5.32 Å². The fourth-order valence-electron chi connectivity index (χ4n) is 3.36.